The van der Waals surface area contributed by atoms with Gasteiger partial charge in [-0.3, -0.25) is 0 Å². The van der Waals surface area contributed by atoms with Gasteiger partial charge in [0.2, 0.25) is 22.8 Å². The number of hydrogen-bond acceptors (Lipinski definition) is 0. The summed E-state index contributed by atoms with van der Waals surface area (Å²) in [6, 6.07) is 49.1. The molecule has 8 aliphatic rings. The van der Waals surface area contributed by atoms with E-state index in [0.717, 1.165) is 59.2 Å². The Morgan fingerprint density at radius 1 is 0.336 bits per heavy atom. The molecule has 0 spiro atoms. The minimum atomic E-state index is -2.30. The van der Waals surface area contributed by atoms with Crippen molar-refractivity contribution in [1.82, 2.24) is 0 Å². The van der Waals surface area contributed by atoms with Gasteiger partial charge < -0.3 is 0 Å². The second-order valence-corrected chi connectivity index (χ2v) is 43.4. The lowest BCUT2D eigenvalue weighted by molar-refractivity contribution is -0.661. The second kappa shape index (κ2) is 28.2. The zero-order valence-corrected chi connectivity index (χ0v) is 79.6. The first-order valence-corrected chi connectivity index (χ1v) is 45.0. The third kappa shape index (κ3) is 11.9. The molecule has 0 atom stereocenters. The Morgan fingerprint density at radius 2 is 0.631 bits per heavy atom. The van der Waals surface area contributed by atoms with Gasteiger partial charge in [-0.1, -0.05) is 281 Å². The standard InChI is InChI=1S/C31H38N.C30H36N.C29H34N.C28H32N/c1-19-25-22(16-20-12-10-11-13-23(20)25)17-24-26(19)28-27(31(7,8)30(24,5)6)21(14-15-32(28)9)18-29(2,3)4;1-17(2)24-18(3)16-31(9)28-26-19(4)25-21(14-20-12-10-11-13-22(20)25)15-23(26)29(5,6)30(7,8)27(24)28;1-17(2)21-13-14-30(8)27-25-18(3)24-20(15-19-11-9-10-12-22(19)24)16-23(25)28(4,5)29(6,7)26(21)27;1-16-15-29(8)26-24-18(3)23-20(13-19-11-9-10-12-21(19)23)14-22(24)27(4,5)28(6,7)25(26)17(16)2/h10-15,17H,16,18H2,1-9H3;10-13,15-17H,14H2,1-9H3;9-14,16-17H,15H2,1-8H3;9-12,14-15H,13H2,1-8H3/q4*+1/i18D2;3D3,17D;17D;1D3. The van der Waals surface area contributed by atoms with E-state index in [0.29, 0.717) is 11.1 Å². The summed E-state index contributed by atoms with van der Waals surface area (Å²) in [6.07, 6.45) is 10.3. The zero-order valence-electron chi connectivity index (χ0n) is 89.6. The molecule has 8 aromatic carbocycles. The molecule has 0 radical (unpaired) electrons. The predicted octanol–water partition coefficient (Wildman–Crippen LogP) is 27.3. The van der Waals surface area contributed by atoms with Gasteiger partial charge in [-0.2, -0.15) is 0 Å². The fraction of sp³-hybridized carbons (Fsp3) is 0.424. The number of benzene rings is 8. The van der Waals surface area contributed by atoms with Gasteiger partial charge in [0.15, 0.2) is 24.8 Å². The quantitative estimate of drug-likeness (QED) is 0.157. The average Bonchev–Trinajstić information content (AvgIpc) is 1.11. The van der Waals surface area contributed by atoms with Crippen LogP contribution in [0, 0.1) is 53.7 Å². The molecule has 0 bridgehead atoms. The number of fused-ring (bicyclic) bond motifs is 24. The third-order valence-corrected chi connectivity index (χ3v) is 33.0. The highest BCUT2D eigenvalue weighted by Gasteiger charge is 2.57. The van der Waals surface area contributed by atoms with Crippen molar-refractivity contribution in [2.75, 3.05) is 0 Å². The first-order valence-electron chi connectivity index (χ1n) is 50.0. The minimum absolute atomic E-state index is 0.0573. The van der Waals surface area contributed by atoms with Crippen molar-refractivity contribution in [2.45, 2.75) is 295 Å². The van der Waals surface area contributed by atoms with Crippen LogP contribution >= 0.6 is 0 Å². The molecule has 4 aromatic heterocycles. The Bertz CT molecular complexity index is 6980. The highest BCUT2D eigenvalue weighted by molar-refractivity contribution is 5.94. The van der Waals surface area contributed by atoms with Gasteiger partial charge in [-0.15, -0.1) is 0 Å². The van der Waals surface area contributed by atoms with Crippen molar-refractivity contribution in [1.29, 1.82) is 0 Å². The van der Waals surface area contributed by atoms with Crippen molar-refractivity contribution in [3.05, 3.63) is 303 Å². The summed E-state index contributed by atoms with van der Waals surface area (Å²) in [6.45, 7) is 57.5. The summed E-state index contributed by atoms with van der Waals surface area (Å²) in [4.78, 5) is 0. The van der Waals surface area contributed by atoms with Crippen LogP contribution in [0.25, 0.3) is 89.5 Å². The van der Waals surface area contributed by atoms with Crippen LogP contribution in [-0.2, 0) is 104 Å². The Kier molecular flexibility index (Phi) is 16.8. The number of pyridine rings is 4. The molecule has 0 saturated carbocycles. The van der Waals surface area contributed by atoms with E-state index in [1.807, 2.05) is 86.3 Å². The summed E-state index contributed by atoms with van der Waals surface area (Å²) >= 11 is 0. The van der Waals surface area contributed by atoms with Gasteiger partial charge >= 0.3 is 0 Å². The van der Waals surface area contributed by atoms with Crippen LogP contribution < -0.4 is 18.3 Å². The van der Waals surface area contributed by atoms with E-state index >= 15 is 0 Å². The Balaban J connectivity index is 0.000000123. The van der Waals surface area contributed by atoms with E-state index in [1.165, 1.54) is 184 Å². The molecule has 4 nitrogen and oxygen atoms in total. The maximum atomic E-state index is 9.25. The molecule has 12 aromatic rings. The molecule has 0 amide bonds. The van der Waals surface area contributed by atoms with Crippen molar-refractivity contribution in [2.24, 2.45) is 33.6 Å². The van der Waals surface area contributed by atoms with Gasteiger partial charge in [0.25, 0.3) is 0 Å². The molecular formula is C118H140N4+4. The lowest BCUT2D eigenvalue weighted by Crippen LogP contribution is -2.49. The van der Waals surface area contributed by atoms with Crippen LogP contribution in [0.5, 0.6) is 0 Å². The smallest absolute Gasteiger partial charge is 0.201 e. The first kappa shape index (κ1) is 72.8. The number of aryl methyl sites for hydroxylation is 6. The molecule has 0 N–H and O–H groups in total. The van der Waals surface area contributed by atoms with E-state index in [-0.39, 0.29) is 43.5 Å². The number of aromatic nitrogens is 4. The molecule has 0 aliphatic heterocycles. The summed E-state index contributed by atoms with van der Waals surface area (Å²) in [5, 5.41) is 0. The van der Waals surface area contributed by atoms with Crippen LogP contribution in [0.15, 0.2) is 158 Å². The maximum absolute atomic E-state index is 9.25. The Morgan fingerprint density at radius 3 is 0.967 bits per heavy atom. The Labute approximate surface area is 748 Å². The van der Waals surface area contributed by atoms with Gasteiger partial charge in [0, 0.05) is 80.9 Å². The molecule has 8 aliphatic carbocycles. The predicted molar refractivity (Wildman–Crippen MR) is 514 cm³/mol. The largest absolute Gasteiger partial charge is 0.216 e. The molecular weight excluding hydrogens is 1470 g/mol. The highest BCUT2D eigenvalue weighted by atomic mass is 15.0. The molecule has 122 heavy (non-hydrogen) atoms. The maximum Gasteiger partial charge on any atom is 0.216 e. The van der Waals surface area contributed by atoms with E-state index in [4.69, 9.17) is 11.0 Å². The SMILES string of the molecule is [2H]C(C)(C)c1cc[n+](C)c2c1C(C)(C)C(C)(C)c1cc3c(c(C)c1-2)-c1ccccc1C3.[2H]C([2H])([2H])c1c[n+](C)c2c(c1C([2H])(C)C)C(C)(C)C(C)(C)c1cc3c(c(C)c1-2)-c1ccccc1C3.[2H]C([2H])([2H])c1c[n+](C)c2c(c1C)C(C)(C)C(C)(C)c1cc3c(c(C)c1-2)-c1ccccc1C3.[2H]C([2H])(c1cc[n+](C)c2c1C(C)(C)C(C)(C)c1cc3c(c(C)c1-2)-c1ccccc1C3)C(C)(C)C. The number of hydrogen-bond donors (Lipinski definition) is 0. The molecule has 20 rings (SSSR count). The number of nitrogens with zero attached hydrogens (tertiary/aromatic N) is 4. The normalized spacial score (nSPS) is 19.0. The van der Waals surface area contributed by atoms with Crippen molar-refractivity contribution in [3.8, 4) is 89.5 Å². The van der Waals surface area contributed by atoms with Crippen molar-refractivity contribution in [3.63, 3.8) is 0 Å². The summed E-state index contributed by atoms with van der Waals surface area (Å²) in [5.74, 6) is -1.72. The molecule has 4 heterocycles. The van der Waals surface area contributed by atoms with Crippen molar-refractivity contribution >= 4 is 0 Å². The summed E-state index contributed by atoms with van der Waals surface area (Å²) in [5.41, 5.74) is 49.5. The number of rotatable bonds is 3. The van der Waals surface area contributed by atoms with E-state index in [1.54, 1.807) is 6.20 Å². The monoisotopic (exact) mass is 1620 g/mol. The lowest BCUT2D eigenvalue weighted by atomic mass is 9.54. The van der Waals surface area contributed by atoms with Crippen molar-refractivity contribution < 1.29 is 32.0 Å². The van der Waals surface area contributed by atoms with Gasteiger partial charge in [-0.25, -0.2) is 18.3 Å². The molecule has 0 saturated heterocycles. The zero-order chi connectivity index (χ0) is 96.8. The topological polar surface area (TPSA) is 15.5 Å². The molecule has 628 valence electrons. The van der Waals surface area contributed by atoms with Gasteiger partial charge in [-0.05, 0) is 275 Å². The van der Waals surface area contributed by atoms with Crippen LogP contribution in [0.1, 0.15) is 329 Å². The second-order valence-electron chi connectivity index (χ2n) is 43.4. The van der Waals surface area contributed by atoms with E-state index in [9.17, 15) is 2.74 Å². The molecule has 0 unspecified atom stereocenters. The average molecular weight is 1620 g/mol. The Hall–Kier alpha value is -9.64. The lowest BCUT2D eigenvalue weighted by Gasteiger charge is -2.48. The van der Waals surface area contributed by atoms with Crippen LogP contribution in [0.3, 0.4) is 0 Å². The summed E-state index contributed by atoms with van der Waals surface area (Å²) in [7, 11) is 8.26. The highest BCUT2D eigenvalue weighted by Crippen LogP contribution is 2.64. The van der Waals surface area contributed by atoms with E-state index in [2.05, 4.69) is 306 Å². The van der Waals surface area contributed by atoms with Crippen LogP contribution in [0.4, 0.5) is 0 Å². The third-order valence-electron chi connectivity index (χ3n) is 33.0. The fourth-order valence-electron chi connectivity index (χ4n) is 24.1. The molecule has 4 heteroatoms. The molecule has 0 fully saturated rings. The van der Waals surface area contributed by atoms with E-state index < -0.39 is 42.7 Å². The summed E-state index contributed by atoms with van der Waals surface area (Å²) < 4.78 is 94.6. The fourth-order valence-corrected chi connectivity index (χ4v) is 24.1. The van der Waals surface area contributed by atoms with Gasteiger partial charge in [0.05, 0.1) is 22.3 Å². The first-order chi connectivity index (χ1) is 60.8. The van der Waals surface area contributed by atoms with Crippen LogP contribution in [0.2, 0.25) is 0 Å². The van der Waals surface area contributed by atoms with Gasteiger partial charge in [0.1, 0.15) is 28.2 Å². The van der Waals surface area contributed by atoms with Crippen LogP contribution in [-0.4, -0.2) is 0 Å². The minimum Gasteiger partial charge on any atom is -0.201 e.